The zero-order valence-corrected chi connectivity index (χ0v) is 13.2. The van der Waals surface area contributed by atoms with Crippen molar-refractivity contribution in [2.45, 2.75) is 32.9 Å². The van der Waals surface area contributed by atoms with Crippen LogP contribution in [0.15, 0.2) is 40.9 Å². The van der Waals surface area contributed by atoms with Crippen LogP contribution in [0.1, 0.15) is 48.1 Å². The van der Waals surface area contributed by atoms with E-state index in [2.05, 4.69) is 10.5 Å². The van der Waals surface area contributed by atoms with Gasteiger partial charge in [0.1, 0.15) is 12.3 Å². The molecular weight excluding hydrogens is 296 g/mol. The second-order valence-electron chi connectivity index (χ2n) is 5.66. The summed E-state index contributed by atoms with van der Waals surface area (Å²) in [5, 5.41) is 6.61. The van der Waals surface area contributed by atoms with Crippen molar-refractivity contribution in [3.63, 3.8) is 0 Å². The maximum absolute atomic E-state index is 12.0. The molecule has 1 N–H and O–H groups in total. The van der Waals surface area contributed by atoms with Crippen LogP contribution in [0.3, 0.4) is 0 Å². The van der Waals surface area contributed by atoms with Crippen molar-refractivity contribution in [2.24, 2.45) is 5.92 Å². The van der Waals surface area contributed by atoms with Gasteiger partial charge in [0.2, 0.25) is 0 Å². The number of rotatable bonds is 7. The highest BCUT2D eigenvalue weighted by Gasteiger charge is 2.21. The van der Waals surface area contributed by atoms with E-state index in [1.54, 1.807) is 0 Å². The molecular formula is C17H20N2O4. The summed E-state index contributed by atoms with van der Waals surface area (Å²) in [4.78, 5) is 22.7. The number of ether oxygens (including phenoxy) is 1. The number of hydrogen-bond donors (Lipinski definition) is 1. The predicted octanol–water partition coefficient (Wildman–Crippen LogP) is 3.50. The van der Waals surface area contributed by atoms with E-state index >= 15 is 0 Å². The third kappa shape index (κ3) is 5.25. The zero-order chi connectivity index (χ0) is 16.7. The van der Waals surface area contributed by atoms with E-state index in [9.17, 15) is 9.59 Å². The summed E-state index contributed by atoms with van der Waals surface area (Å²) in [7, 11) is 0. The second-order valence-corrected chi connectivity index (χ2v) is 5.66. The number of benzene rings is 1. The van der Waals surface area contributed by atoms with Gasteiger partial charge in [0, 0.05) is 6.07 Å². The molecule has 1 aromatic carbocycles. The van der Waals surface area contributed by atoms with Gasteiger partial charge in [-0.1, -0.05) is 49.3 Å². The first-order chi connectivity index (χ1) is 11.1. The normalized spacial score (nSPS) is 12.0. The van der Waals surface area contributed by atoms with Crippen molar-refractivity contribution in [3.8, 4) is 0 Å². The maximum Gasteiger partial charge on any atom is 0.408 e. The number of carbonyl (C=O) groups excluding carboxylic acids is 2. The predicted molar refractivity (Wildman–Crippen MR) is 83.8 cm³/mol. The first-order valence-electron chi connectivity index (χ1n) is 7.47. The Bertz CT molecular complexity index is 637. The van der Waals surface area contributed by atoms with E-state index in [0.717, 1.165) is 5.56 Å². The number of alkyl carbamates (subject to hydrolysis) is 1. The van der Waals surface area contributed by atoms with Gasteiger partial charge in [-0.05, 0) is 17.9 Å². The number of nitrogens with one attached hydrogen (secondary N) is 1. The van der Waals surface area contributed by atoms with Crippen molar-refractivity contribution in [1.29, 1.82) is 0 Å². The molecule has 0 spiro atoms. The molecule has 6 nitrogen and oxygen atoms in total. The molecule has 1 heterocycles. The highest BCUT2D eigenvalue weighted by molar-refractivity contribution is 5.71. The lowest BCUT2D eigenvalue weighted by Gasteiger charge is -2.18. The first-order valence-corrected chi connectivity index (χ1v) is 7.47. The lowest BCUT2D eigenvalue weighted by Crippen LogP contribution is -2.30. The van der Waals surface area contributed by atoms with Crippen molar-refractivity contribution >= 4 is 12.4 Å². The molecule has 1 atom stereocenters. The van der Waals surface area contributed by atoms with Crippen molar-refractivity contribution in [3.05, 3.63) is 53.4 Å². The topological polar surface area (TPSA) is 81.4 Å². The van der Waals surface area contributed by atoms with Crippen molar-refractivity contribution < 1.29 is 18.8 Å². The number of carbonyl (C=O) groups is 2. The van der Waals surface area contributed by atoms with E-state index in [-0.39, 0.29) is 18.4 Å². The van der Waals surface area contributed by atoms with Crippen molar-refractivity contribution in [1.82, 2.24) is 10.5 Å². The second kappa shape index (κ2) is 8.12. The Balaban J connectivity index is 1.96. The van der Waals surface area contributed by atoms with Crippen LogP contribution < -0.4 is 5.32 Å². The molecule has 1 unspecified atom stereocenters. The molecule has 0 fully saturated rings. The minimum absolute atomic E-state index is 0.133. The molecule has 0 radical (unpaired) electrons. The van der Waals surface area contributed by atoms with Gasteiger partial charge in [0.25, 0.3) is 0 Å². The number of amides is 1. The molecule has 23 heavy (non-hydrogen) atoms. The molecule has 0 saturated carbocycles. The minimum atomic E-state index is -0.532. The third-order valence-corrected chi connectivity index (χ3v) is 3.23. The average molecular weight is 316 g/mol. The summed E-state index contributed by atoms with van der Waals surface area (Å²) < 4.78 is 10.1. The molecule has 0 saturated heterocycles. The zero-order valence-electron chi connectivity index (χ0n) is 13.2. The quantitative estimate of drug-likeness (QED) is 0.791. The summed E-state index contributed by atoms with van der Waals surface area (Å²) in [5.74, 6) is 0.457. The summed E-state index contributed by atoms with van der Waals surface area (Å²) in [6.45, 7) is 4.26. The monoisotopic (exact) mass is 316 g/mol. The fraction of sp³-hybridized carbons (Fsp3) is 0.353. The van der Waals surface area contributed by atoms with Crippen LogP contribution >= 0.6 is 0 Å². The number of aldehydes is 1. The molecule has 0 aliphatic heterocycles. The largest absolute Gasteiger partial charge is 0.445 e. The Morgan fingerprint density at radius 1 is 1.35 bits per heavy atom. The van der Waals surface area contributed by atoms with E-state index in [1.807, 2.05) is 44.2 Å². The van der Waals surface area contributed by atoms with Gasteiger partial charge in [0.05, 0.1) is 6.04 Å². The average Bonchev–Trinajstić information content (AvgIpc) is 3.02. The Morgan fingerprint density at radius 2 is 2.09 bits per heavy atom. The third-order valence-electron chi connectivity index (χ3n) is 3.23. The van der Waals surface area contributed by atoms with E-state index in [0.29, 0.717) is 24.3 Å². The van der Waals surface area contributed by atoms with Crippen LogP contribution in [0.5, 0.6) is 0 Å². The minimum Gasteiger partial charge on any atom is -0.445 e. The molecule has 0 bridgehead atoms. The lowest BCUT2D eigenvalue weighted by molar-refractivity contribution is 0.109. The van der Waals surface area contributed by atoms with E-state index < -0.39 is 6.09 Å². The number of aromatic nitrogens is 1. The highest BCUT2D eigenvalue weighted by Crippen LogP contribution is 2.21. The molecule has 2 rings (SSSR count). The van der Waals surface area contributed by atoms with Gasteiger partial charge >= 0.3 is 6.09 Å². The van der Waals surface area contributed by atoms with Gasteiger partial charge in [-0.2, -0.15) is 0 Å². The lowest BCUT2D eigenvalue weighted by atomic mass is 10.0. The Hall–Kier alpha value is -2.63. The molecule has 0 aliphatic carbocycles. The van der Waals surface area contributed by atoms with Crippen LogP contribution in [0.4, 0.5) is 4.79 Å². The summed E-state index contributed by atoms with van der Waals surface area (Å²) >= 11 is 0. The van der Waals surface area contributed by atoms with Gasteiger partial charge in [-0.25, -0.2) is 4.79 Å². The van der Waals surface area contributed by atoms with Crippen LogP contribution in [0, 0.1) is 5.92 Å². The van der Waals surface area contributed by atoms with Crippen LogP contribution in [-0.4, -0.2) is 17.5 Å². The first kappa shape index (κ1) is 16.7. The summed E-state index contributed by atoms with van der Waals surface area (Å²) in [5.41, 5.74) is 1.42. The molecule has 122 valence electrons. The smallest absolute Gasteiger partial charge is 0.408 e. The SMILES string of the molecule is CC(C)CC(NC(=O)OCc1ccccc1)c1cc(C=O)on1. The number of nitrogens with zero attached hydrogens (tertiary/aromatic N) is 1. The van der Waals surface area contributed by atoms with Gasteiger partial charge in [-0.3, -0.25) is 4.79 Å². The highest BCUT2D eigenvalue weighted by atomic mass is 16.5. The molecule has 2 aromatic rings. The maximum atomic E-state index is 12.0. The fourth-order valence-electron chi connectivity index (χ4n) is 2.16. The van der Waals surface area contributed by atoms with E-state index in [1.165, 1.54) is 6.07 Å². The van der Waals surface area contributed by atoms with Crippen LogP contribution in [-0.2, 0) is 11.3 Å². The number of hydrogen-bond acceptors (Lipinski definition) is 5. The Morgan fingerprint density at radius 3 is 2.70 bits per heavy atom. The van der Waals surface area contributed by atoms with Crippen LogP contribution in [0.2, 0.25) is 0 Å². The molecule has 1 amide bonds. The summed E-state index contributed by atoms with van der Waals surface area (Å²) in [6.07, 6.45) is 0.706. The fourth-order valence-corrected chi connectivity index (χ4v) is 2.16. The van der Waals surface area contributed by atoms with Gasteiger partial charge < -0.3 is 14.6 Å². The summed E-state index contributed by atoms with van der Waals surface area (Å²) in [6, 6.07) is 10.6. The van der Waals surface area contributed by atoms with Gasteiger partial charge in [-0.15, -0.1) is 0 Å². The Labute approximate surface area is 134 Å². The Kier molecular flexibility index (Phi) is 5.91. The van der Waals surface area contributed by atoms with Crippen molar-refractivity contribution in [2.75, 3.05) is 0 Å². The standard InChI is InChI=1S/C17H20N2O4/c1-12(2)8-15(16-9-14(10-20)23-19-16)18-17(21)22-11-13-6-4-3-5-7-13/h3-7,9-10,12,15H,8,11H2,1-2H3,(H,18,21). The van der Waals surface area contributed by atoms with E-state index in [4.69, 9.17) is 9.26 Å². The molecule has 6 heteroatoms. The van der Waals surface area contributed by atoms with Crippen LogP contribution in [0.25, 0.3) is 0 Å². The molecule has 0 aliphatic rings. The van der Waals surface area contributed by atoms with Gasteiger partial charge in [0.15, 0.2) is 12.0 Å². The molecule has 1 aromatic heterocycles.